The molecule has 0 aromatic heterocycles. The minimum atomic E-state index is -1.18. The van der Waals surface area contributed by atoms with Gasteiger partial charge in [-0.3, -0.25) is 9.59 Å². The number of carbonyl (C=O) groups is 2. The number of fused-ring (bicyclic) bond motifs is 4. The van der Waals surface area contributed by atoms with E-state index in [2.05, 4.69) is 11.9 Å². The summed E-state index contributed by atoms with van der Waals surface area (Å²) in [6.07, 6.45) is 0.587. The summed E-state index contributed by atoms with van der Waals surface area (Å²) in [4.78, 5) is 32.1. The summed E-state index contributed by atoms with van der Waals surface area (Å²) in [5.41, 5.74) is 0.385. The second-order valence-corrected chi connectivity index (χ2v) is 8.68. The van der Waals surface area contributed by atoms with Gasteiger partial charge in [-0.15, -0.1) is 0 Å². The number of anilines is 1. The zero-order valence-corrected chi connectivity index (χ0v) is 17.4. The molecule has 1 saturated carbocycles. The molecule has 0 N–H and O–H groups in total. The van der Waals surface area contributed by atoms with Gasteiger partial charge in [0.1, 0.15) is 17.3 Å². The Morgan fingerprint density at radius 1 is 1.21 bits per heavy atom. The molecule has 0 spiro atoms. The molecule has 152 valence electrons. The normalized spacial score (nSPS) is 35.5. The Morgan fingerprint density at radius 2 is 1.96 bits per heavy atom. The van der Waals surface area contributed by atoms with Gasteiger partial charge < -0.3 is 19.3 Å². The maximum absolute atomic E-state index is 14.0. The van der Waals surface area contributed by atoms with Crippen molar-refractivity contribution in [3.05, 3.63) is 23.8 Å². The van der Waals surface area contributed by atoms with Gasteiger partial charge in [-0.2, -0.15) is 0 Å². The van der Waals surface area contributed by atoms with E-state index < -0.39 is 11.5 Å². The first-order chi connectivity index (χ1) is 13.3. The van der Waals surface area contributed by atoms with Crippen molar-refractivity contribution in [1.29, 1.82) is 0 Å². The van der Waals surface area contributed by atoms with Crippen molar-refractivity contribution in [3.8, 4) is 5.75 Å². The average molecular weight is 386 g/mol. The number of hydrogen-bond donors (Lipinski definition) is 0. The number of nitrogens with zero attached hydrogens (tertiary/aromatic N) is 2. The average Bonchev–Trinajstić information content (AvgIpc) is 3.00. The molecular formula is C22H30N2O4. The van der Waals surface area contributed by atoms with Crippen LogP contribution < -0.4 is 9.64 Å². The van der Waals surface area contributed by atoms with Gasteiger partial charge in [0.05, 0.1) is 24.8 Å². The van der Waals surface area contributed by atoms with Crippen LogP contribution in [0.4, 0.5) is 5.69 Å². The number of benzene rings is 1. The lowest BCUT2D eigenvalue weighted by Crippen LogP contribution is -2.58. The molecular weight excluding hydrogens is 356 g/mol. The summed E-state index contributed by atoms with van der Waals surface area (Å²) in [7, 11) is 7.54. The van der Waals surface area contributed by atoms with Crippen LogP contribution in [-0.2, 0) is 19.7 Å². The van der Waals surface area contributed by atoms with E-state index in [9.17, 15) is 9.59 Å². The lowest BCUT2D eigenvalue weighted by Gasteiger charge is -2.41. The highest BCUT2D eigenvalue weighted by molar-refractivity contribution is 6.19. The molecule has 4 fully saturated rings. The van der Waals surface area contributed by atoms with Crippen LogP contribution in [0.3, 0.4) is 0 Å². The number of para-hydroxylation sites is 1. The molecule has 4 aliphatic rings. The summed E-state index contributed by atoms with van der Waals surface area (Å²) in [6.45, 7) is 3.52. The Hall–Kier alpha value is -1.92. The molecule has 0 unspecified atom stereocenters. The van der Waals surface area contributed by atoms with Gasteiger partial charge in [-0.05, 0) is 46.0 Å². The van der Waals surface area contributed by atoms with Crippen LogP contribution in [0.5, 0.6) is 5.75 Å². The molecule has 1 aromatic carbocycles. The third kappa shape index (κ3) is 2.54. The van der Waals surface area contributed by atoms with Crippen LogP contribution in [-0.4, -0.2) is 70.0 Å². The van der Waals surface area contributed by atoms with E-state index in [1.165, 1.54) is 0 Å². The first kappa shape index (κ1) is 19.4. The fourth-order valence-electron chi connectivity index (χ4n) is 5.58. The van der Waals surface area contributed by atoms with E-state index in [1.807, 2.05) is 44.1 Å². The van der Waals surface area contributed by atoms with Crippen LogP contribution >= 0.6 is 0 Å². The Bertz CT molecular complexity index is 808. The summed E-state index contributed by atoms with van der Waals surface area (Å²) in [5.74, 6) is 0.409. The molecule has 5 atom stereocenters. The van der Waals surface area contributed by atoms with Crippen molar-refractivity contribution in [3.63, 3.8) is 0 Å². The predicted octanol–water partition coefficient (Wildman–Crippen LogP) is 1.90. The van der Waals surface area contributed by atoms with Gasteiger partial charge in [-0.25, -0.2) is 0 Å². The monoisotopic (exact) mass is 386 g/mol. The Morgan fingerprint density at radius 3 is 2.64 bits per heavy atom. The lowest BCUT2D eigenvalue weighted by molar-refractivity contribution is -0.146. The Kier molecular flexibility index (Phi) is 4.74. The third-order valence-electron chi connectivity index (χ3n) is 6.96. The van der Waals surface area contributed by atoms with Crippen molar-refractivity contribution >= 4 is 17.3 Å². The first-order valence-corrected chi connectivity index (χ1v) is 10.1. The van der Waals surface area contributed by atoms with Crippen molar-refractivity contribution in [2.45, 2.75) is 37.4 Å². The van der Waals surface area contributed by atoms with Gasteiger partial charge in [0.25, 0.3) is 0 Å². The third-order valence-corrected chi connectivity index (χ3v) is 6.96. The van der Waals surface area contributed by atoms with Gasteiger partial charge in [0, 0.05) is 25.6 Å². The van der Waals surface area contributed by atoms with Crippen molar-refractivity contribution in [2.24, 2.45) is 11.8 Å². The van der Waals surface area contributed by atoms with E-state index in [0.717, 1.165) is 24.2 Å². The summed E-state index contributed by atoms with van der Waals surface area (Å²) >= 11 is 0. The van der Waals surface area contributed by atoms with Crippen LogP contribution in [0.15, 0.2) is 18.2 Å². The molecule has 5 rings (SSSR count). The lowest BCUT2D eigenvalue weighted by atomic mass is 9.58. The quantitative estimate of drug-likeness (QED) is 0.740. The number of carbonyl (C=O) groups excluding carboxylic acids is 2. The standard InChI is InChI=1S/C22H30N2O4/c1-13-17-14-9-11-24(4)12-10-22(20(17)25,21(26)19(14)28-13)15-7-6-8-16(27-5)18(15)23(2)3/h6-8,13-14,17,19H,9-12H2,1-5H3/t13-,14+,17+,19-,22-/m1/s1. The summed E-state index contributed by atoms with van der Waals surface area (Å²) in [5, 5.41) is 0. The molecule has 3 heterocycles. The summed E-state index contributed by atoms with van der Waals surface area (Å²) in [6, 6.07) is 5.69. The SMILES string of the molecule is COc1cccc([C@]23CCN(C)CC[C@H]4[C@@H](C2=O)[C@@H](C)O[C@H]4C3=O)c1N(C)C. The zero-order valence-electron chi connectivity index (χ0n) is 17.4. The van der Waals surface area contributed by atoms with E-state index in [-0.39, 0.29) is 29.5 Å². The maximum atomic E-state index is 14.0. The van der Waals surface area contributed by atoms with Crippen molar-refractivity contribution in [2.75, 3.05) is 46.2 Å². The van der Waals surface area contributed by atoms with Gasteiger partial charge in [0.15, 0.2) is 11.6 Å². The highest BCUT2D eigenvalue weighted by atomic mass is 16.5. The Balaban J connectivity index is 1.98. The molecule has 3 aliphatic heterocycles. The minimum Gasteiger partial charge on any atom is -0.495 e. The number of rotatable bonds is 3. The van der Waals surface area contributed by atoms with Crippen LogP contribution in [0, 0.1) is 11.8 Å². The van der Waals surface area contributed by atoms with E-state index in [4.69, 9.17) is 9.47 Å². The van der Waals surface area contributed by atoms with Crippen molar-refractivity contribution < 1.29 is 19.1 Å². The number of hydrogen-bond acceptors (Lipinski definition) is 6. The number of ether oxygens (including phenoxy) is 2. The molecule has 0 radical (unpaired) electrons. The molecule has 3 saturated heterocycles. The second-order valence-electron chi connectivity index (χ2n) is 8.68. The van der Waals surface area contributed by atoms with E-state index in [1.54, 1.807) is 7.11 Å². The van der Waals surface area contributed by atoms with Gasteiger partial charge in [0.2, 0.25) is 0 Å². The molecule has 1 aromatic rings. The van der Waals surface area contributed by atoms with E-state index >= 15 is 0 Å². The zero-order chi connectivity index (χ0) is 20.2. The van der Waals surface area contributed by atoms with Crippen molar-refractivity contribution in [1.82, 2.24) is 4.90 Å². The fraction of sp³-hybridized carbons (Fsp3) is 0.636. The molecule has 0 amide bonds. The topological polar surface area (TPSA) is 59.1 Å². The number of ketones is 2. The van der Waals surface area contributed by atoms with Crippen LogP contribution in [0.25, 0.3) is 0 Å². The van der Waals surface area contributed by atoms with Crippen LogP contribution in [0.2, 0.25) is 0 Å². The van der Waals surface area contributed by atoms with Gasteiger partial charge in [-0.1, -0.05) is 12.1 Å². The minimum absolute atomic E-state index is 0.0166. The maximum Gasteiger partial charge on any atom is 0.179 e. The highest BCUT2D eigenvalue weighted by Gasteiger charge is 2.65. The largest absolute Gasteiger partial charge is 0.495 e. The molecule has 6 heteroatoms. The summed E-state index contributed by atoms with van der Waals surface area (Å²) < 4.78 is 11.7. The smallest absolute Gasteiger partial charge is 0.179 e. The fourth-order valence-corrected chi connectivity index (χ4v) is 5.58. The number of Topliss-reactive ketones (excluding diaryl/α,β-unsaturated/α-hetero) is 2. The van der Waals surface area contributed by atoms with E-state index in [0.29, 0.717) is 18.7 Å². The molecule has 28 heavy (non-hydrogen) atoms. The second kappa shape index (κ2) is 6.85. The molecule has 1 aliphatic carbocycles. The molecule has 6 nitrogen and oxygen atoms in total. The number of methoxy groups -OCH3 is 1. The van der Waals surface area contributed by atoms with Crippen LogP contribution in [0.1, 0.15) is 25.3 Å². The van der Waals surface area contributed by atoms with Gasteiger partial charge >= 0.3 is 0 Å². The molecule has 4 bridgehead atoms. The Labute approximate surface area is 166 Å². The highest BCUT2D eigenvalue weighted by Crippen LogP contribution is 2.53. The first-order valence-electron chi connectivity index (χ1n) is 10.1. The predicted molar refractivity (Wildman–Crippen MR) is 107 cm³/mol.